The summed E-state index contributed by atoms with van der Waals surface area (Å²) in [6.45, 7) is 2.54. The van der Waals surface area contributed by atoms with Gasteiger partial charge in [-0.15, -0.1) is 0 Å². The maximum Gasteiger partial charge on any atom is 0.130 e. The molecule has 0 unspecified atom stereocenters. The summed E-state index contributed by atoms with van der Waals surface area (Å²) in [5.74, 6) is 0.767. The van der Waals surface area contributed by atoms with E-state index in [1.807, 2.05) is 43.3 Å². The van der Waals surface area contributed by atoms with Gasteiger partial charge in [0.25, 0.3) is 0 Å². The van der Waals surface area contributed by atoms with Gasteiger partial charge in [-0.05, 0) is 37.3 Å². The number of ether oxygens (including phenoxy) is 1. The minimum Gasteiger partial charge on any atom is -0.493 e. The molecule has 0 bridgehead atoms. The Morgan fingerprint density at radius 3 is 2.74 bits per heavy atom. The summed E-state index contributed by atoms with van der Waals surface area (Å²) in [6.07, 6.45) is 0. The fourth-order valence-electron chi connectivity index (χ4n) is 2.29. The van der Waals surface area contributed by atoms with Crippen molar-refractivity contribution >= 4 is 33.2 Å². The van der Waals surface area contributed by atoms with E-state index in [2.05, 4.69) is 4.98 Å². The molecule has 4 nitrogen and oxygen atoms in total. The largest absolute Gasteiger partial charge is 0.493 e. The Balaban J connectivity index is 2.43. The van der Waals surface area contributed by atoms with Gasteiger partial charge < -0.3 is 16.2 Å². The highest BCUT2D eigenvalue weighted by Crippen LogP contribution is 2.35. The fourth-order valence-corrected chi connectivity index (χ4v) is 2.29. The molecule has 3 rings (SSSR count). The summed E-state index contributed by atoms with van der Waals surface area (Å²) < 4.78 is 5.63. The molecule has 0 aliphatic rings. The van der Waals surface area contributed by atoms with Crippen LogP contribution in [-0.2, 0) is 0 Å². The van der Waals surface area contributed by atoms with Gasteiger partial charge in [-0.3, -0.25) is 0 Å². The lowest BCUT2D eigenvalue weighted by Crippen LogP contribution is -1.98. The molecular weight excluding hydrogens is 238 g/mol. The molecule has 1 aromatic heterocycles. The van der Waals surface area contributed by atoms with Crippen LogP contribution in [0.4, 0.5) is 11.4 Å². The molecule has 0 fully saturated rings. The van der Waals surface area contributed by atoms with Crippen LogP contribution in [0, 0.1) is 0 Å². The quantitative estimate of drug-likeness (QED) is 0.544. The van der Waals surface area contributed by atoms with E-state index < -0.39 is 0 Å². The van der Waals surface area contributed by atoms with Crippen molar-refractivity contribution in [2.75, 3.05) is 18.1 Å². The molecule has 96 valence electrons. The van der Waals surface area contributed by atoms with Crippen molar-refractivity contribution in [2.24, 2.45) is 0 Å². The van der Waals surface area contributed by atoms with Gasteiger partial charge in [-0.25, -0.2) is 4.98 Å². The lowest BCUT2D eigenvalue weighted by molar-refractivity contribution is 0.344. The van der Waals surface area contributed by atoms with Crippen LogP contribution in [0.1, 0.15) is 6.92 Å². The molecule has 0 saturated heterocycles. The Morgan fingerprint density at radius 1 is 1.11 bits per heavy atom. The van der Waals surface area contributed by atoms with E-state index in [4.69, 9.17) is 16.2 Å². The summed E-state index contributed by atoms with van der Waals surface area (Å²) in [5.41, 5.74) is 15.1. The summed E-state index contributed by atoms with van der Waals surface area (Å²) in [4.78, 5) is 4.60. The minimum absolute atomic E-state index is 0.596. The molecule has 2 aromatic carbocycles. The van der Waals surface area contributed by atoms with Crippen LogP contribution in [-0.4, -0.2) is 11.6 Å². The molecule has 0 saturated carbocycles. The van der Waals surface area contributed by atoms with E-state index >= 15 is 0 Å². The average Bonchev–Trinajstić information content (AvgIpc) is 2.38. The third-order valence-corrected chi connectivity index (χ3v) is 3.13. The van der Waals surface area contributed by atoms with E-state index in [0.29, 0.717) is 18.0 Å². The molecule has 19 heavy (non-hydrogen) atoms. The molecule has 0 aliphatic heterocycles. The zero-order chi connectivity index (χ0) is 13.4. The number of pyridine rings is 1. The van der Waals surface area contributed by atoms with Gasteiger partial charge in [-0.2, -0.15) is 0 Å². The van der Waals surface area contributed by atoms with Crippen LogP contribution in [0.25, 0.3) is 21.8 Å². The van der Waals surface area contributed by atoms with Crippen LogP contribution in [0.2, 0.25) is 0 Å². The first-order valence-electron chi connectivity index (χ1n) is 6.21. The van der Waals surface area contributed by atoms with Crippen molar-refractivity contribution in [1.29, 1.82) is 0 Å². The van der Waals surface area contributed by atoms with Gasteiger partial charge in [0.15, 0.2) is 0 Å². The predicted molar refractivity (Wildman–Crippen MR) is 79.2 cm³/mol. The van der Waals surface area contributed by atoms with Crippen molar-refractivity contribution < 1.29 is 4.74 Å². The Bertz CT molecular complexity index is 768. The summed E-state index contributed by atoms with van der Waals surface area (Å²) >= 11 is 0. The molecule has 4 N–H and O–H groups in total. The van der Waals surface area contributed by atoms with Crippen molar-refractivity contribution in [1.82, 2.24) is 4.98 Å². The molecule has 4 heteroatoms. The molecule has 0 atom stereocenters. The molecule has 0 spiro atoms. The lowest BCUT2D eigenvalue weighted by Gasteiger charge is -2.11. The summed E-state index contributed by atoms with van der Waals surface area (Å²) in [5, 5.41) is 1.76. The first-order valence-corrected chi connectivity index (χ1v) is 6.21. The van der Waals surface area contributed by atoms with Gasteiger partial charge >= 0.3 is 0 Å². The Morgan fingerprint density at radius 2 is 1.95 bits per heavy atom. The number of rotatable bonds is 2. The van der Waals surface area contributed by atoms with Crippen molar-refractivity contribution in [2.45, 2.75) is 6.92 Å². The normalized spacial score (nSPS) is 11.0. The van der Waals surface area contributed by atoms with Gasteiger partial charge in [0, 0.05) is 11.1 Å². The van der Waals surface area contributed by atoms with Gasteiger partial charge in [-0.1, -0.05) is 6.07 Å². The number of benzene rings is 2. The van der Waals surface area contributed by atoms with Crippen LogP contribution in [0.5, 0.6) is 5.75 Å². The van der Waals surface area contributed by atoms with E-state index in [-0.39, 0.29) is 0 Å². The predicted octanol–water partition coefficient (Wildman–Crippen LogP) is 2.95. The summed E-state index contributed by atoms with van der Waals surface area (Å²) in [6, 6.07) is 11.3. The van der Waals surface area contributed by atoms with Crippen LogP contribution < -0.4 is 16.2 Å². The first-order chi connectivity index (χ1) is 9.20. The molecule has 0 aliphatic carbocycles. The topological polar surface area (TPSA) is 74.2 Å². The average molecular weight is 253 g/mol. The highest BCUT2D eigenvalue weighted by molar-refractivity contribution is 6.09. The number of nitrogens with zero attached hydrogens (tertiary/aromatic N) is 1. The Hall–Kier alpha value is -2.49. The van der Waals surface area contributed by atoms with Gasteiger partial charge in [0.1, 0.15) is 5.75 Å². The molecule has 3 aromatic rings. The number of hydrogen-bond acceptors (Lipinski definition) is 4. The second-order valence-corrected chi connectivity index (χ2v) is 4.39. The Labute approximate surface area is 111 Å². The van der Waals surface area contributed by atoms with Gasteiger partial charge in [0.05, 0.1) is 28.7 Å². The van der Waals surface area contributed by atoms with E-state index in [0.717, 1.165) is 27.6 Å². The van der Waals surface area contributed by atoms with E-state index in [1.54, 1.807) is 0 Å². The van der Waals surface area contributed by atoms with Crippen molar-refractivity contribution in [3.63, 3.8) is 0 Å². The highest BCUT2D eigenvalue weighted by Gasteiger charge is 2.11. The van der Waals surface area contributed by atoms with Crippen LogP contribution >= 0.6 is 0 Å². The van der Waals surface area contributed by atoms with E-state index in [1.165, 1.54) is 0 Å². The SMILES string of the molecule is CCOc1cccc2nc3cc(N)ccc3c(N)c12. The highest BCUT2D eigenvalue weighted by atomic mass is 16.5. The third kappa shape index (κ3) is 1.81. The maximum absolute atomic E-state index is 6.27. The zero-order valence-corrected chi connectivity index (χ0v) is 10.7. The summed E-state index contributed by atoms with van der Waals surface area (Å²) in [7, 11) is 0. The second-order valence-electron chi connectivity index (χ2n) is 4.39. The first kappa shape index (κ1) is 11.6. The van der Waals surface area contributed by atoms with Crippen LogP contribution in [0.15, 0.2) is 36.4 Å². The number of anilines is 2. The number of nitrogen functional groups attached to an aromatic ring is 2. The molecule has 0 amide bonds. The standard InChI is InChI=1S/C15H15N3O/c1-2-19-13-5-3-4-11-14(13)15(17)10-7-6-9(16)8-12(10)18-11/h3-8H,2,16H2,1H3,(H2,17,18). The monoisotopic (exact) mass is 253 g/mol. The number of hydrogen-bond donors (Lipinski definition) is 2. The number of fused-ring (bicyclic) bond motifs is 2. The van der Waals surface area contributed by atoms with E-state index in [9.17, 15) is 0 Å². The maximum atomic E-state index is 6.27. The second kappa shape index (κ2) is 4.31. The molecular formula is C15H15N3O. The minimum atomic E-state index is 0.596. The number of nitrogens with two attached hydrogens (primary N) is 2. The Kier molecular flexibility index (Phi) is 2.63. The zero-order valence-electron chi connectivity index (χ0n) is 10.7. The molecule has 1 heterocycles. The molecule has 0 radical (unpaired) electrons. The smallest absolute Gasteiger partial charge is 0.130 e. The van der Waals surface area contributed by atoms with Crippen LogP contribution in [0.3, 0.4) is 0 Å². The lowest BCUT2D eigenvalue weighted by atomic mass is 10.1. The fraction of sp³-hybridized carbons (Fsp3) is 0.133. The van der Waals surface area contributed by atoms with Crippen molar-refractivity contribution in [3.8, 4) is 5.75 Å². The number of aromatic nitrogens is 1. The third-order valence-electron chi connectivity index (χ3n) is 3.13. The van der Waals surface area contributed by atoms with Crippen molar-refractivity contribution in [3.05, 3.63) is 36.4 Å². The van der Waals surface area contributed by atoms with Gasteiger partial charge in [0.2, 0.25) is 0 Å².